The molecule has 0 aliphatic rings. The normalized spacial score (nSPS) is 11.5. The lowest BCUT2D eigenvalue weighted by Gasteiger charge is -2.05. The topological polar surface area (TPSA) is 55.0 Å². The molecule has 0 aliphatic carbocycles. The fourth-order valence-corrected chi connectivity index (χ4v) is 2.41. The second-order valence-electron chi connectivity index (χ2n) is 4.64. The van der Waals surface area contributed by atoms with Crippen molar-refractivity contribution in [2.75, 3.05) is 11.0 Å². The van der Waals surface area contributed by atoms with Crippen LogP contribution >= 0.6 is 0 Å². The molecule has 1 aromatic carbocycles. The van der Waals surface area contributed by atoms with E-state index in [9.17, 15) is 8.42 Å². The number of imidazole rings is 1. The van der Waals surface area contributed by atoms with E-state index in [2.05, 4.69) is 9.29 Å². The maximum Gasteiger partial charge on any atom is 0.243 e. The van der Waals surface area contributed by atoms with E-state index in [4.69, 9.17) is 0 Å². The van der Waals surface area contributed by atoms with Gasteiger partial charge in [-0.3, -0.25) is 4.72 Å². The Morgan fingerprint density at radius 1 is 1.26 bits per heavy atom. The highest BCUT2D eigenvalue weighted by Crippen LogP contribution is 2.11. The highest BCUT2D eigenvalue weighted by Gasteiger charge is 2.03. The number of nitrogens with one attached hydrogen (secondary N) is 1. The van der Waals surface area contributed by atoms with Crippen LogP contribution in [0.2, 0.25) is 0 Å². The van der Waals surface area contributed by atoms with Gasteiger partial charge < -0.3 is 0 Å². The summed E-state index contributed by atoms with van der Waals surface area (Å²) < 4.78 is 28.7. The summed E-state index contributed by atoms with van der Waals surface area (Å²) >= 11 is 0. The SMILES string of the molecule is C[n+]1ccn(CCc2ccc(NS(C)(=O)=O)cc2)c1. The number of hydrogen-bond acceptors (Lipinski definition) is 2. The van der Waals surface area contributed by atoms with Crippen molar-refractivity contribution in [3.63, 3.8) is 0 Å². The van der Waals surface area contributed by atoms with E-state index in [0.29, 0.717) is 5.69 Å². The summed E-state index contributed by atoms with van der Waals surface area (Å²) in [5.74, 6) is 0. The average molecular weight is 280 g/mol. The first-order valence-corrected chi connectivity index (χ1v) is 7.89. The van der Waals surface area contributed by atoms with Crippen molar-refractivity contribution in [3.8, 4) is 0 Å². The van der Waals surface area contributed by atoms with Crippen LogP contribution in [0, 0.1) is 0 Å². The molecule has 0 unspecified atom stereocenters. The molecule has 1 heterocycles. The Balaban J connectivity index is 1.95. The van der Waals surface area contributed by atoms with Crippen LogP contribution in [0.3, 0.4) is 0 Å². The molecule has 0 fully saturated rings. The minimum absolute atomic E-state index is 0.596. The maximum atomic E-state index is 11.1. The van der Waals surface area contributed by atoms with Gasteiger partial charge in [-0.2, -0.15) is 0 Å². The van der Waals surface area contributed by atoms with E-state index in [-0.39, 0.29) is 0 Å². The Labute approximate surface area is 113 Å². The molecular formula is C13H18N3O2S+. The van der Waals surface area contributed by atoms with Crippen LogP contribution in [0.25, 0.3) is 0 Å². The van der Waals surface area contributed by atoms with Gasteiger partial charge in [0.25, 0.3) is 0 Å². The van der Waals surface area contributed by atoms with Gasteiger partial charge in [-0.15, -0.1) is 0 Å². The van der Waals surface area contributed by atoms with Gasteiger partial charge in [0.2, 0.25) is 16.4 Å². The third-order valence-corrected chi connectivity index (χ3v) is 3.35. The molecule has 5 nitrogen and oxygen atoms in total. The molecule has 0 amide bonds. The zero-order valence-electron chi connectivity index (χ0n) is 11.1. The van der Waals surface area contributed by atoms with Crippen LogP contribution < -0.4 is 9.29 Å². The highest BCUT2D eigenvalue weighted by atomic mass is 32.2. The number of hydrogen-bond donors (Lipinski definition) is 1. The van der Waals surface area contributed by atoms with Crippen molar-refractivity contribution in [2.45, 2.75) is 13.0 Å². The van der Waals surface area contributed by atoms with E-state index in [1.165, 1.54) is 5.56 Å². The first-order valence-electron chi connectivity index (χ1n) is 6.00. The summed E-state index contributed by atoms with van der Waals surface area (Å²) in [6.45, 7) is 0.902. The molecule has 102 valence electrons. The lowest BCUT2D eigenvalue weighted by atomic mass is 10.1. The number of aromatic nitrogens is 2. The lowest BCUT2D eigenvalue weighted by molar-refractivity contribution is -0.671. The van der Waals surface area contributed by atoms with Crippen molar-refractivity contribution in [1.82, 2.24) is 4.57 Å². The van der Waals surface area contributed by atoms with Gasteiger partial charge in [0.05, 0.1) is 19.8 Å². The van der Waals surface area contributed by atoms with Gasteiger partial charge in [-0.1, -0.05) is 12.1 Å². The molecule has 0 saturated heterocycles. The molecular weight excluding hydrogens is 262 g/mol. The van der Waals surface area contributed by atoms with Crippen molar-refractivity contribution in [2.24, 2.45) is 7.05 Å². The molecule has 0 atom stereocenters. The molecule has 1 N–H and O–H groups in total. The minimum atomic E-state index is -3.20. The Morgan fingerprint density at radius 3 is 2.47 bits per heavy atom. The summed E-state index contributed by atoms with van der Waals surface area (Å²) in [5.41, 5.74) is 1.77. The molecule has 0 spiro atoms. The number of benzene rings is 1. The van der Waals surface area contributed by atoms with Crippen molar-refractivity contribution < 1.29 is 13.0 Å². The summed E-state index contributed by atoms with van der Waals surface area (Å²) in [6.07, 6.45) is 8.11. The van der Waals surface area contributed by atoms with Gasteiger partial charge in [0.1, 0.15) is 12.4 Å². The van der Waals surface area contributed by atoms with Crippen LogP contribution in [0.15, 0.2) is 43.0 Å². The zero-order valence-corrected chi connectivity index (χ0v) is 11.9. The largest absolute Gasteiger partial charge is 0.284 e. The third kappa shape index (κ3) is 4.40. The van der Waals surface area contributed by atoms with E-state index >= 15 is 0 Å². The predicted octanol–water partition coefficient (Wildman–Crippen LogP) is 0.927. The molecule has 0 saturated carbocycles. The lowest BCUT2D eigenvalue weighted by Crippen LogP contribution is -2.23. The van der Waals surface area contributed by atoms with Gasteiger partial charge in [0.15, 0.2) is 0 Å². The number of aryl methyl sites for hydroxylation is 3. The quantitative estimate of drug-likeness (QED) is 0.828. The zero-order chi connectivity index (χ0) is 13.9. The van der Waals surface area contributed by atoms with Crippen LogP contribution in [-0.4, -0.2) is 19.2 Å². The summed E-state index contributed by atoms with van der Waals surface area (Å²) in [6, 6.07) is 7.45. The number of nitrogens with zero attached hydrogens (tertiary/aromatic N) is 2. The number of anilines is 1. The molecule has 1 aromatic heterocycles. The monoisotopic (exact) mass is 280 g/mol. The van der Waals surface area contributed by atoms with Gasteiger partial charge in [-0.25, -0.2) is 17.6 Å². The average Bonchev–Trinajstić information content (AvgIpc) is 2.72. The molecule has 0 bridgehead atoms. The standard InChI is InChI=1S/C13H18N3O2S/c1-15-9-10-16(11-15)8-7-12-3-5-13(6-4-12)14-19(2,17)18/h3-6,9-11,14H,7-8H2,1-2H3/q+1. The van der Waals surface area contributed by atoms with Crippen LogP contribution in [0.5, 0.6) is 0 Å². The van der Waals surface area contributed by atoms with Crippen LogP contribution in [0.1, 0.15) is 5.56 Å². The van der Waals surface area contributed by atoms with Crippen LogP contribution in [0.4, 0.5) is 5.69 Å². The maximum absolute atomic E-state index is 11.1. The molecule has 2 rings (SSSR count). The number of rotatable bonds is 5. The van der Waals surface area contributed by atoms with Crippen molar-refractivity contribution in [1.29, 1.82) is 0 Å². The summed E-state index contributed by atoms with van der Waals surface area (Å²) in [5, 5.41) is 0. The molecule has 0 aliphatic heterocycles. The second kappa shape index (κ2) is 5.44. The third-order valence-electron chi connectivity index (χ3n) is 2.74. The summed E-state index contributed by atoms with van der Waals surface area (Å²) in [7, 11) is -1.21. The van der Waals surface area contributed by atoms with E-state index in [0.717, 1.165) is 19.2 Å². The Morgan fingerprint density at radius 2 is 1.95 bits per heavy atom. The number of sulfonamides is 1. The second-order valence-corrected chi connectivity index (χ2v) is 6.39. The Kier molecular flexibility index (Phi) is 3.90. The first-order chi connectivity index (χ1) is 8.92. The van der Waals surface area contributed by atoms with Gasteiger partial charge in [-0.05, 0) is 17.7 Å². The van der Waals surface area contributed by atoms with Crippen molar-refractivity contribution in [3.05, 3.63) is 48.5 Å². The predicted molar refractivity (Wildman–Crippen MR) is 74.2 cm³/mol. The van der Waals surface area contributed by atoms with Gasteiger partial charge in [0, 0.05) is 12.1 Å². The van der Waals surface area contributed by atoms with E-state index in [1.54, 1.807) is 12.1 Å². The minimum Gasteiger partial charge on any atom is -0.284 e. The Hall–Kier alpha value is -1.82. The fourth-order valence-electron chi connectivity index (χ4n) is 1.85. The molecule has 0 radical (unpaired) electrons. The Bertz CT molecular complexity index is 645. The molecule has 6 heteroatoms. The first kappa shape index (κ1) is 13.6. The van der Waals surface area contributed by atoms with E-state index < -0.39 is 10.0 Å². The smallest absolute Gasteiger partial charge is 0.243 e. The fraction of sp³-hybridized carbons (Fsp3) is 0.308. The van der Waals surface area contributed by atoms with Crippen LogP contribution in [-0.2, 0) is 30.0 Å². The summed E-state index contributed by atoms with van der Waals surface area (Å²) in [4.78, 5) is 0. The molecule has 19 heavy (non-hydrogen) atoms. The molecule has 2 aromatic rings. The van der Waals surface area contributed by atoms with Gasteiger partial charge >= 0.3 is 0 Å². The van der Waals surface area contributed by atoms with E-state index in [1.807, 2.05) is 42.5 Å². The van der Waals surface area contributed by atoms with Crippen molar-refractivity contribution >= 4 is 15.7 Å². The highest BCUT2D eigenvalue weighted by molar-refractivity contribution is 7.92.